The first kappa shape index (κ1) is 19.7. The summed E-state index contributed by atoms with van der Waals surface area (Å²) >= 11 is 17.8. The zero-order valence-corrected chi connectivity index (χ0v) is 16.4. The second-order valence-electron chi connectivity index (χ2n) is 5.85. The van der Waals surface area contributed by atoms with Gasteiger partial charge in [0.2, 0.25) is 5.91 Å². The second kappa shape index (κ2) is 8.74. The van der Waals surface area contributed by atoms with E-state index in [-0.39, 0.29) is 34.5 Å². The van der Waals surface area contributed by atoms with Crippen molar-refractivity contribution in [3.63, 3.8) is 0 Å². The van der Waals surface area contributed by atoms with Crippen molar-refractivity contribution in [2.75, 3.05) is 6.54 Å². The Bertz CT molecular complexity index is 877. The molecule has 0 bridgehead atoms. The number of hydrazone groups is 1. The summed E-state index contributed by atoms with van der Waals surface area (Å²) in [6, 6.07) is 12.5. The van der Waals surface area contributed by atoms with Crippen LogP contribution in [0.25, 0.3) is 0 Å². The van der Waals surface area contributed by atoms with Gasteiger partial charge < -0.3 is 4.74 Å². The van der Waals surface area contributed by atoms with Crippen molar-refractivity contribution in [3.05, 3.63) is 63.1 Å². The molecule has 0 saturated carbocycles. The maximum absolute atomic E-state index is 12.3. The molecule has 0 aromatic heterocycles. The minimum atomic E-state index is -0.610. The number of hydrogen-bond donors (Lipinski definition) is 0. The summed E-state index contributed by atoms with van der Waals surface area (Å²) in [6.07, 6.45) is 0.546. The van der Waals surface area contributed by atoms with E-state index < -0.39 is 5.97 Å². The summed E-state index contributed by atoms with van der Waals surface area (Å²) in [6.45, 7) is 0.493. The Hall–Kier alpha value is -2.08. The lowest BCUT2D eigenvalue weighted by atomic mass is 10.1. The van der Waals surface area contributed by atoms with Crippen LogP contribution in [0.2, 0.25) is 15.1 Å². The summed E-state index contributed by atoms with van der Waals surface area (Å²) in [7, 11) is 0. The summed E-state index contributed by atoms with van der Waals surface area (Å²) < 4.78 is 5.17. The third kappa shape index (κ3) is 5.01. The minimum absolute atomic E-state index is 0.0206. The molecule has 140 valence electrons. The molecule has 3 rings (SSSR count). The molecule has 2 aromatic carbocycles. The summed E-state index contributed by atoms with van der Waals surface area (Å²) in [5, 5.41) is 6.33. The molecule has 1 amide bonds. The van der Waals surface area contributed by atoms with E-state index in [2.05, 4.69) is 5.10 Å². The number of nitrogens with zero attached hydrogens (tertiary/aromatic N) is 2. The Morgan fingerprint density at radius 1 is 1.04 bits per heavy atom. The highest BCUT2D eigenvalue weighted by Gasteiger charge is 2.22. The van der Waals surface area contributed by atoms with Crippen molar-refractivity contribution in [1.82, 2.24) is 5.01 Å². The molecule has 0 unspecified atom stereocenters. The number of rotatable bonds is 5. The van der Waals surface area contributed by atoms with E-state index in [0.29, 0.717) is 18.0 Å². The summed E-state index contributed by atoms with van der Waals surface area (Å²) in [5.41, 5.74) is 1.84. The van der Waals surface area contributed by atoms with Gasteiger partial charge in [-0.05, 0) is 17.7 Å². The number of halogens is 3. The Balaban J connectivity index is 1.55. The molecule has 0 fully saturated rings. The van der Waals surface area contributed by atoms with Crippen LogP contribution in [0.4, 0.5) is 0 Å². The molecule has 5 nitrogen and oxygen atoms in total. The number of benzene rings is 2. The van der Waals surface area contributed by atoms with Gasteiger partial charge in [0.05, 0.1) is 28.7 Å². The lowest BCUT2D eigenvalue weighted by Gasteiger charge is -2.12. The van der Waals surface area contributed by atoms with Crippen LogP contribution in [-0.4, -0.2) is 29.1 Å². The van der Waals surface area contributed by atoms with Gasteiger partial charge >= 0.3 is 5.97 Å². The van der Waals surface area contributed by atoms with E-state index in [1.165, 1.54) is 17.1 Å². The molecule has 1 aliphatic rings. The van der Waals surface area contributed by atoms with Crippen molar-refractivity contribution < 1.29 is 14.3 Å². The van der Waals surface area contributed by atoms with Crippen LogP contribution >= 0.6 is 34.8 Å². The fraction of sp³-hybridized carbons (Fsp3) is 0.211. The molecule has 0 aliphatic carbocycles. The van der Waals surface area contributed by atoms with E-state index in [0.717, 1.165) is 11.3 Å². The van der Waals surface area contributed by atoms with Crippen LogP contribution in [0.3, 0.4) is 0 Å². The molecule has 0 saturated heterocycles. The lowest BCUT2D eigenvalue weighted by molar-refractivity contribution is -0.138. The van der Waals surface area contributed by atoms with E-state index in [1.54, 1.807) is 0 Å². The third-order valence-electron chi connectivity index (χ3n) is 3.92. The smallest absolute Gasteiger partial charge is 0.311 e. The molecule has 27 heavy (non-hydrogen) atoms. The molecule has 2 aromatic rings. The van der Waals surface area contributed by atoms with Crippen LogP contribution in [-0.2, 0) is 9.59 Å². The number of ether oxygens (including phenoxy) is 1. The van der Waals surface area contributed by atoms with Gasteiger partial charge in [-0.25, -0.2) is 5.01 Å². The van der Waals surface area contributed by atoms with E-state index >= 15 is 0 Å². The molecule has 1 aliphatic heterocycles. The summed E-state index contributed by atoms with van der Waals surface area (Å²) in [5.74, 6) is -0.821. The fourth-order valence-corrected chi connectivity index (χ4v) is 3.49. The molecular formula is C19H15Cl3N2O3. The van der Waals surface area contributed by atoms with Gasteiger partial charge in [0.15, 0.2) is 5.75 Å². The van der Waals surface area contributed by atoms with E-state index in [4.69, 9.17) is 39.5 Å². The first-order valence-electron chi connectivity index (χ1n) is 8.22. The predicted octanol–water partition coefficient (Wildman–Crippen LogP) is 4.97. The Morgan fingerprint density at radius 3 is 2.37 bits per heavy atom. The standard InChI is InChI=1S/C19H15Cl3N2O3/c20-13-10-14(21)19(15(22)11-13)27-18(26)7-6-17(25)24-9-8-16(23-24)12-4-2-1-3-5-12/h1-5,10-11H,6-9H2. The van der Waals surface area contributed by atoms with Crippen molar-refractivity contribution in [1.29, 1.82) is 0 Å². The van der Waals surface area contributed by atoms with Crippen LogP contribution in [0, 0.1) is 0 Å². The largest absolute Gasteiger partial charge is 0.423 e. The highest BCUT2D eigenvalue weighted by Crippen LogP contribution is 2.36. The second-order valence-corrected chi connectivity index (χ2v) is 7.10. The zero-order chi connectivity index (χ0) is 19.4. The van der Waals surface area contributed by atoms with Gasteiger partial charge in [-0.3, -0.25) is 9.59 Å². The SMILES string of the molecule is O=C(CCC(=O)N1CCC(c2ccccc2)=N1)Oc1c(Cl)cc(Cl)cc1Cl. The monoisotopic (exact) mass is 424 g/mol. The Morgan fingerprint density at radius 2 is 1.70 bits per heavy atom. The zero-order valence-electron chi connectivity index (χ0n) is 14.1. The topological polar surface area (TPSA) is 59.0 Å². The molecule has 8 heteroatoms. The molecular weight excluding hydrogens is 411 g/mol. The van der Waals surface area contributed by atoms with Gasteiger partial charge in [0.25, 0.3) is 0 Å². The number of carbonyl (C=O) groups excluding carboxylic acids is 2. The summed E-state index contributed by atoms with van der Waals surface area (Å²) in [4.78, 5) is 24.3. The highest BCUT2D eigenvalue weighted by atomic mass is 35.5. The predicted molar refractivity (Wildman–Crippen MR) is 106 cm³/mol. The number of amides is 1. The Kier molecular flexibility index (Phi) is 6.37. The molecule has 0 atom stereocenters. The molecule has 1 heterocycles. The van der Waals surface area contributed by atoms with Gasteiger partial charge in [-0.15, -0.1) is 0 Å². The first-order chi connectivity index (χ1) is 12.9. The van der Waals surface area contributed by atoms with Gasteiger partial charge in [-0.2, -0.15) is 5.10 Å². The lowest BCUT2D eigenvalue weighted by Crippen LogP contribution is -2.24. The number of hydrogen-bond acceptors (Lipinski definition) is 4. The highest BCUT2D eigenvalue weighted by molar-refractivity contribution is 6.40. The number of esters is 1. The number of carbonyl (C=O) groups is 2. The maximum atomic E-state index is 12.3. The quantitative estimate of drug-likeness (QED) is 0.502. The van der Waals surface area contributed by atoms with Crippen molar-refractivity contribution >= 4 is 52.4 Å². The maximum Gasteiger partial charge on any atom is 0.311 e. The van der Waals surface area contributed by atoms with Crippen LogP contribution in [0.1, 0.15) is 24.8 Å². The Labute approximate surface area is 171 Å². The van der Waals surface area contributed by atoms with E-state index in [9.17, 15) is 9.59 Å². The normalized spacial score (nSPS) is 13.4. The minimum Gasteiger partial charge on any atom is -0.423 e. The van der Waals surface area contributed by atoms with Crippen molar-refractivity contribution in [2.45, 2.75) is 19.3 Å². The van der Waals surface area contributed by atoms with Gasteiger partial charge in [-0.1, -0.05) is 65.1 Å². The van der Waals surface area contributed by atoms with Crippen molar-refractivity contribution in [3.8, 4) is 5.75 Å². The first-order valence-corrected chi connectivity index (χ1v) is 9.36. The van der Waals surface area contributed by atoms with E-state index in [1.807, 2.05) is 30.3 Å². The fourth-order valence-electron chi connectivity index (χ4n) is 2.60. The molecule has 0 spiro atoms. The van der Waals surface area contributed by atoms with Gasteiger partial charge in [0.1, 0.15) is 0 Å². The molecule has 0 N–H and O–H groups in total. The van der Waals surface area contributed by atoms with Crippen LogP contribution in [0.15, 0.2) is 47.6 Å². The van der Waals surface area contributed by atoms with Crippen LogP contribution in [0.5, 0.6) is 5.75 Å². The molecule has 0 radical (unpaired) electrons. The van der Waals surface area contributed by atoms with Crippen LogP contribution < -0.4 is 4.74 Å². The van der Waals surface area contributed by atoms with Crippen molar-refractivity contribution in [2.24, 2.45) is 5.10 Å². The third-order valence-corrected chi connectivity index (χ3v) is 4.70. The van der Waals surface area contributed by atoms with Gasteiger partial charge in [0, 0.05) is 17.9 Å². The average Bonchev–Trinajstić information content (AvgIpc) is 3.14. The average molecular weight is 426 g/mol.